The number of halogens is 1. The molecule has 4 heteroatoms. The zero-order valence-corrected chi connectivity index (χ0v) is 13.1. The molecule has 1 aliphatic heterocycles. The lowest BCUT2D eigenvalue weighted by molar-refractivity contribution is 0.447. The first kappa shape index (κ1) is 14.1. The standard InChI is InChI=1S/C16H19ClN2S/c1-11(15-6-7-16(17)20-15)19-14-8-9-18-10-12-4-2-3-5-13(12)14/h2-7,11,14,18-19H,8-10H2,1H3. The first-order valence-electron chi connectivity index (χ1n) is 7.04. The fraction of sp³-hybridized carbons (Fsp3) is 0.375. The highest BCUT2D eigenvalue weighted by atomic mass is 35.5. The third kappa shape index (κ3) is 3.07. The maximum absolute atomic E-state index is 6.04. The molecule has 106 valence electrons. The minimum absolute atomic E-state index is 0.323. The number of benzene rings is 1. The second kappa shape index (κ2) is 6.27. The average molecular weight is 307 g/mol. The van der Waals surface area contributed by atoms with E-state index in [9.17, 15) is 0 Å². The maximum Gasteiger partial charge on any atom is 0.0931 e. The van der Waals surface area contributed by atoms with Crippen LogP contribution in [0.5, 0.6) is 0 Å². The van der Waals surface area contributed by atoms with Crippen LogP contribution in [0.3, 0.4) is 0 Å². The SMILES string of the molecule is CC(NC1CCNCc2ccccc21)c1ccc(Cl)s1. The van der Waals surface area contributed by atoms with Crippen molar-refractivity contribution < 1.29 is 0 Å². The quantitative estimate of drug-likeness (QED) is 0.884. The van der Waals surface area contributed by atoms with E-state index in [2.05, 4.69) is 47.9 Å². The largest absolute Gasteiger partial charge is 0.313 e. The van der Waals surface area contributed by atoms with E-state index in [1.165, 1.54) is 16.0 Å². The molecule has 0 saturated carbocycles. The van der Waals surface area contributed by atoms with Crippen LogP contribution in [0.1, 0.15) is 41.4 Å². The molecular weight excluding hydrogens is 288 g/mol. The summed E-state index contributed by atoms with van der Waals surface area (Å²) in [6.07, 6.45) is 1.11. The summed E-state index contributed by atoms with van der Waals surface area (Å²) in [5.74, 6) is 0. The predicted molar refractivity (Wildman–Crippen MR) is 86.4 cm³/mol. The Hall–Kier alpha value is -0.870. The Labute approximate surface area is 129 Å². The molecule has 2 aromatic rings. The van der Waals surface area contributed by atoms with Gasteiger partial charge in [0, 0.05) is 23.5 Å². The van der Waals surface area contributed by atoms with Gasteiger partial charge in [-0.3, -0.25) is 0 Å². The molecule has 2 heterocycles. The van der Waals surface area contributed by atoms with Crippen LogP contribution < -0.4 is 10.6 Å². The monoisotopic (exact) mass is 306 g/mol. The van der Waals surface area contributed by atoms with Gasteiger partial charge in [0.1, 0.15) is 0 Å². The highest BCUT2D eigenvalue weighted by Crippen LogP contribution is 2.30. The smallest absolute Gasteiger partial charge is 0.0931 e. The van der Waals surface area contributed by atoms with Gasteiger partial charge in [0.15, 0.2) is 0 Å². The minimum atomic E-state index is 0.323. The molecular formula is C16H19ClN2S. The lowest BCUT2D eigenvalue weighted by Gasteiger charge is -2.23. The molecule has 0 bridgehead atoms. The molecule has 1 aromatic carbocycles. The lowest BCUT2D eigenvalue weighted by Crippen LogP contribution is -2.25. The summed E-state index contributed by atoms with van der Waals surface area (Å²) in [7, 11) is 0. The van der Waals surface area contributed by atoms with Gasteiger partial charge in [-0.05, 0) is 43.1 Å². The highest BCUT2D eigenvalue weighted by molar-refractivity contribution is 7.16. The van der Waals surface area contributed by atoms with Crippen molar-refractivity contribution in [1.82, 2.24) is 10.6 Å². The molecule has 0 amide bonds. The van der Waals surface area contributed by atoms with Crippen molar-refractivity contribution in [2.45, 2.75) is 32.0 Å². The van der Waals surface area contributed by atoms with Crippen LogP contribution in [0.2, 0.25) is 4.34 Å². The van der Waals surface area contributed by atoms with Gasteiger partial charge in [0.05, 0.1) is 4.34 Å². The van der Waals surface area contributed by atoms with E-state index in [1.54, 1.807) is 11.3 Å². The van der Waals surface area contributed by atoms with Crippen LogP contribution in [0.4, 0.5) is 0 Å². The first-order chi connectivity index (χ1) is 9.74. The summed E-state index contributed by atoms with van der Waals surface area (Å²) in [4.78, 5) is 1.30. The Bertz CT molecular complexity index is 581. The van der Waals surface area contributed by atoms with Crippen molar-refractivity contribution in [3.8, 4) is 0 Å². The summed E-state index contributed by atoms with van der Waals surface area (Å²) < 4.78 is 0.858. The molecule has 0 radical (unpaired) electrons. The Morgan fingerprint density at radius 3 is 2.95 bits per heavy atom. The Kier molecular flexibility index (Phi) is 4.41. The van der Waals surface area contributed by atoms with E-state index in [-0.39, 0.29) is 0 Å². The molecule has 2 unspecified atom stereocenters. The zero-order valence-electron chi connectivity index (χ0n) is 11.5. The number of rotatable bonds is 3. The predicted octanol–water partition coefficient (Wildman–Crippen LogP) is 4.29. The number of fused-ring (bicyclic) bond motifs is 1. The number of nitrogens with one attached hydrogen (secondary N) is 2. The van der Waals surface area contributed by atoms with Crippen molar-refractivity contribution in [2.24, 2.45) is 0 Å². The molecule has 1 aliphatic rings. The third-order valence-corrected chi connectivity index (χ3v) is 5.24. The lowest BCUT2D eigenvalue weighted by atomic mass is 9.98. The van der Waals surface area contributed by atoms with Crippen molar-refractivity contribution in [3.05, 3.63) is 56.7 Å². The van der Waals surface area contributed by atoms with Crippen molar-refractivity contribution in [2.75, 3.05) is 6.54 Å². The second-order valence-electron chi connectivity index (χ2n) is 5.25. The van der Waals surface area contributed by atoms with Crippen molar-refractivity contribution >= 4 is 22.9 Å². The molecule has 2 N–H and O–H groups in total. The van der Waals surface area contributed by atoms with Crippen molar-refractivity contribution in [3.63, 3.8) is 0 Å². The van der Waals surface area contributed by atoms with Crippen LogP contribution in [-0.4, -0.2) is 6.54 Å². The van der Waals surface area contributed by atoms with Crippen LogP contribution in [0.25, 0.3) is 0 Å². The van der Waals surface area contributed by atoms with Crippen LogP contribution in [0, 0.1) is 0 Å². The van der Waals surface area contributed by atoms with E-state index in [4.69, 9.17) is 11.6 Å². The molecule has 3 rings (SSSR count). The molecule has 1 aromatic heterocycles. The van der Waals surface area contributed by atoms with E-state index >= 15 is 0 Å². The van der Waals surface area contributed by atoms with E-state index in [0.29, 0.717) is 12.1 Å². The third-order valence-electron chi connectivity index (χ3n) is 3.83. The minimum Gasteiger partial charge on any atom is -0.313 e. The Balaban J connectivity index is 1.80. The summed E-state index contributed by atoms with van der Waals surface area (Å²) in [5, 5.41) is 7.25. The highest BCUT2D eigenvalue weighted by Gasteiger charge is 2.20. The fourth-order valence-electron chi connectivity index (χ4n) is 2.78. The van der Waals surface area contributed by atoms with Crippen LogP contribution >= 0.6 is 22.9 Å². The van der Waals surface area contributed by atoms with E-state index in [1.807, 2.05) is 6.07 Å². The number of hydrogen-bond donors (Lipinski definition) is 2. The van der Waals surface area contributed by atoms with Crippen molar-refractivity contribution in [1.29, 1.82) is 0 Å². The molecule has 0 spiro atoms. The first-order valence-corrected chi connectivity index (χ1v) is 8.23. The topological polar surface area (TPSA) is 24.1 Å². The van der Waals surface area contributed by atoms with Crippen LogP contribution in [0.15, 0.2) is 36.4 Å². The van der Waals surface area contributed by atoms with Gasteiger partial charge in [0.25, 0.3) is 0 Å². The number of hydrogen-bond acceptors (Lipinski definition) is 3. The van der Waals surface area contributed by atoms with Crippen LogP contribution in [-0.2, 0) is 6.54 Å². The molecule has 0 saturated heterocycles. The van der Waals surface area contributed by atoms with Gasteiger partial charge in [0.2, 0.25) is 0 Å². The molecule has 0 fully saturated rings. The molecule has 0 aliphatic carbocycles. The maximum atomic E-state index is 6.04. The summed E-state index contributed by atoms with van der Waals surface area (Å²) in [6, 6.07) is 13.5. The molecule has 20 heavy (non-hydrogen) atoms. The second-order valence-corrected chi connectivity index (χ2v) is 6.99. The summed E-state index contributed by atoms with van der Waals surface area (Å²) in [6.45, 7) is 4.22. The summed E-state index contributed by atoms with van der Waals surface area (Å²) in [5.41, 5.74) is 2.82. The molecule has 2 atom stereocenters. The Morgan fingerprint density at radius 2 is 2.15 bits per heavy atom. The molecule has 2 nitrogen and oxygen atoms in total. The average Bonchev–Trinajstić information content (AvgIpc) is 2.79. The van der Waals surface area contributed by atoms with Gasteiger partial charge in [-0.2, -0.15) is 0 Å². The van der Waals surface area contributed by atoms with Gasteiger partial charge in [-0.15, -0.1) is 11.3 Å². The van der Waals surface area contributed by atoms with Gasteiger partial charge in [-0.25, -0.2) is 0 Å². The van der Waals surface area contributed by atoms with E-state index in [0.717, 1.165) is 23.8 Å². The summed E-state index contributed by atoms with van der Waals surface area (Å²) >= 11 is 7.69. The van der Waals surface area contributed by atoms with Gasteiger partial charge in [-0.1, -0.05) is 35.9 Å². The fourth-order valence-corrected chi connectivity index (χ4v) is 3.85. The number of thiophene rings is 1. The zero-order chi connectivity index (χ0) is 13.9. The van der Waals surface area contributed by atoms with Gasteiger partial charge < -0.3 is 10.6 Å². The Morgan fingerprint density at radius 1 is 1.30 bits per heavy atom. The van der Waals surface area contributed by atoms with Gasteiger partial charge >= 0.3 is 0 Å². The van der Waals surface area contributed by atoms with E-state index < -0.39 is 0 Å². The normalized spacial score (nSPS) is 20.2.